The van der Waals surface area contributed by atoms with Crippen LogP contribution in [0.3, 0.4) is 0 Å². The van der Waals surface area contributed by atoms with Crippen LogP contribution in [0.15, 0.2) is 0 Å². The van der Waals surface area contributed by atoms with Gasteiger partial charge in [0.1, 0.15) is 6.04 Å². The molecule has 1 unspecified atom stereocenters. The van der Waals surface area contributed by atoms with Gasteiger partial charge < -0.3 is 10.2 Å². The van der Waals surface area contributed by atoms with Crippen LogP contribution < -0.4 is 5.32 Å². The highest BCUT2D eigenvalue weighted by atomic mass is 16.2. The monoisotopic (exact) mass is 209 g/mol. The van der Waals surface area contributed by atoms with Gasteiger partial charge in [0.15, 0.2) is 0 Å². The largest absolute Gasteiger partial charge is 0.325 e. The summed E-state index contributed by atoms with van der Waals surface area (Å²) in [6.45, 7) is 3.67. The Kier molecular flexibility index (Phi) is 4.96. The van der Waals surface area contributed by atoms with Crippen LogP contribution in [0.5, 0.6) is 0 Å². The number of nitrogens with zero attached hydrogens (tertiary/aromatic N) is 2. The van der Waals surface area contributed by atoms with Gasteiger partial charge in [-0.15, -0.1) is 0 Å². The van der Waals surface area contributed by atoms with Crippen molar-refractivity contribution in [2.24, 2.45) is 0 Å². The lowest BCUT2D eigenvalue weighted by molar-refractivity contribution is 0.184. The lowest BCUT2D eigenvalue weighted by atomic mass is 10.1. The van der Waals surface area contributed by atoms with E-state index in [0.717, 1.165) is 38.8 Å². The first-order chi connectivity index (χ1) is 7.27. The van der Waals surface area contributed by atoms with Gasteiger partial charge in [0.2, 0.25) is 0 Å². The van der Waals surface area contributed by atoms with Crippen molar-refractivity contribution in [1.29, 1.82) is 5.26 Å². The van der Waals surface area contributed by atoms with Crippen molar-refractivity contribution in [1.82, 2.24) is 10.2 Å². The van der Waals surface area contributed by atoms with E-state index in [1.807, 2.05) is 11.8 Å². The van der Waals surface area contributed by atoms with Crippen LogP contribution in [0, 0.1) is 11.3 Å². The molecule has 1 rings (SSSR count). The first-order valence-electron chi connectivity index (χ1n) is 5.73. The van der Waals surface area contributed by atoms with Crippen molar-refractivity contribution in [2.45, 2.75) is 45.1 Å². The SMILES string of the molecule is CCCC(C#N)NC(=O)N1CCCCC1. The molecule has 0 bridgehead atoms. The van der Waals surface area contributed by atoms with E-state index in [4.69, 9.17) is 5.26 Å². The number of carbonyl (C=O) groups is 1. The third kappa shape index (κ3) is 3.78. The van der Waals surface area contributed by atoms with Gasteiger partial charge in [-0.25, -0.2) is 4.79 Å². The fourth-order valence-electron chi connectivity index (χ4n) is 1.80. The van der Waals surface area contributed by atoms with Gasteiger partial charge in [0, 0.05) is 13.1 Å². The summed E-state index contributed by atoms with van der Waals surface area (Å²) in [7, 11) is 0. The number of carbonyl (C=O) groups excluding carboxylic acids is 1. The molecule has 2 amide bonds. The van der Waals surface area contributed by atoms with E-state index >= 15 is 0 Å². The number of piperidine rings is 1. The first kappa shape index (κ1) is 11.8. The van der Waals surface area contributed by atoms with Gasteiger partial charge in [-0.1, -0.05) is 13.3 Å². The summed E-state index contributed by atoms with van der Waals surface area (Å²) in [5.41, 5.74) is 0. The Hall–Kier alpha value is -1.24. The zero-order chi connectivity index (χ0) is 11.1. The van der Waals surface area contributed by atoms with E-state index < -0.39 is 0 Å². The van der Waals surface area contributed by atoms with Crippen LogP contribution in [-0.2, 0) is 0 Å². The smallest absolute Gasteiger partial charge is 0.318 e. The maximum absolute atomic E-state index is 11.7. The standard InChI is InChI=1S/C11H19N3O/c1-2-6-10(9-12)13-11(15)14-7-4-3-5-8-14/h10H,2-8H2,1H3,(H,13,15). The molecule has 1 aliphatic rings. The van der Waals surface area contributed by atoms with Crippen molar-refractivity contribution in [2.75, 3.05) is 13.1 Å². The van der Waals surface area contributed by atoms with Gasteiger partial charge in [-0.3, -0.25) is 0 Å². The third-order valence-electron chi connectivity index (χ3n) is 2.67. The van der Waals surface area contributed by atoms with Gasteiger partial charge >= 0.3 is 6.03 Å². The number of hydrogen-bond donors (Lipinski definition) is 1. The van der Waals surface area contributed by atoms with Gasteiger partial charge in [-0.2, -0.15) is 5.26 Å². The van der Waals surface area contributed by atoms with E-state index in [1.54, 1.807) is 0 Å². The van der Waals surface area contributed by atoms with E-state index in [9.17, 15) is 4.79 Å². The fraction of sp³-hybridized carbons (Fsp3) is 0.818. The van der Waals surface area contributed by atoms with Crippen molar-refractivity contribution in [3.05, 3.63) is 0 Å². The number of amides is 2. The summed E-state index contributed by atoms with van der Waals surface area (Å²) in [6.07, 6.45) is 5.02. The number of nitrogens with one attached hydrogen (secondary N) is 1. The van der Waals surface area contributed by atoms with E-state index in [2.05, 4.69) is 11.4 Å². The fourth-order valence-corrected chi connectivity index (χ4v) is 1.80. The topological polar surface area (TPSA) is 56.1 Å². The first-order valence-corrected chi connectivity index (χ1v) is 5.73. The number of rotatable bonds is 3. The summed E-state index contributed by atoms with van der Waals surface area (Å²) >= 11 is 0. The Morgan fingerprint density at radius 3 is 2.67 bits per heavy atom. The van der Waals surface area contributed by atoms with E-state index in [1.165, 1.54) is 6.42 Å². The molecule has 0 aliphatic carbocycles. The minimum atomic E-state index is -0.329. The Balaban J connectivity index is 2.36. The molecule has 0 aromatic rings. The zero-order valence-electron chi connectivity index (χ0n) is 9.33. The van der Waals surface area contributed by atoms with Gasteiger partial charge in [-0.05, 0) is 25.7 Å². The zero-order valence-corrected chi connectivity index (χ0v) is 9.33. The highest BCUT2D eigenvalue weighted by Gasteiger charge is 2.18. The van der Waals surface area contributed by atoms with E-state index in [-0.39, 0.29) is 12.1 Å². The number of urea groups is 1. The summed E-state index contributed by atoms with van der Waals surface area (Å²) in [4.78, 5) is 13.5. The van der Waals surface area contributed by atoms with Crippen LogP contribution in [0.25, 0.3) is 0 Å². The number of likely N-dealkylation sites (tertiary alicyclic amines) is 1. The molecule has 1 atom stereocenters. The molecule has 1 N–H and O–H groups in total. The average Bonchev–Trinajstić information content (AvgIpc) is 2.29. The molecule has 0 radical (unpaired) electrons. The summed E-state index contributed by atoms with van der Waals surface area (Å²) in [5.74, 6) is 0. The Labute approximate surface area is 91.2 Å². The molecular weight excluding hydrogens is 190 g/mol. The molecule has 15 heavy (non-hydrogen) atoms. The maximum atomic E-state index is 11.7. The third-order valence-corrected chi connectivity index (χ3v) is 2.67. The Morgan fingerprint density at radius 1 is 1.47 bits per heavy atom. The number of hydrogen-bond acceptors (Lipinski definition) is 2. The maximum Gasteiger partial charge on any atom is 0.318 e. The molecule has 0 spiro atoms. The predicted octanol–water partition coefficient (Wildman–Crippen LogP) is 1.87. The average molecular weight is 209 g/mol. The van der Waals surface area contributed by atoms with Crippen LogP contribution in [0.2, 0.25) is 0 Å². The lowest BCUT2D eigenvalue weighted by Crippen LogP contribution is -2.46. The molecule has 4 nitrogen and oxygen atoms in total. The minimum absolute atomic E-state index is 0.0744. The van der Waals surface area contributed by atoms with Gasteiger partial charge in [0.25, 0.3) is 0 Å². The summed E-state index contributed by atoms with van der Waals surface area (Å²) < 4.78 is 0. The second kappa shape index (κ2) is 6.28. The molecule has 4 heteroatoms. The molecule has 1 saturated heterocycles. The molecule has 1 heterocycles. The second-order valence-electron chi connectivity index (χ2n) is 3.97. The Morgan fingerprint density at radius 2 is 2.13 bits per heavy atom. The van der Waals surface area contributed by atoms with Crippen LogP contribution >= 0.6 is 0 Å². The molecule has 1 aliphatic heterocycles. The molecule has 84 valence electrons. The van der Waals surface area contributed by atoms with Crippen molar-refractivity contribution >= 4 is 6.03 Å². The van der Waals surface area contributed by atoms with E-state index in [0.29, 0.717) is 0 Å². The van der Waals surface area contributed by atoms with Crippen LogP contribution in [0.1, 0.15) is 39.0 Å². The van der Waals surface area contributed by atoms with Crippen LogP contribution in [0.4, 0.5) is 4.79 Å². The highest BCUT2D eigenvalue weighted by molar-refractivity contribution is 5.74. The summed E-state index contributed by atoms with van der Waals surface area (Å²) in [5, 5.41) is 11.6. The van der Waals surface area contributed by atoms with Gasteiger partial charge in [0.05, 0.1) is 6.07 Å². The molecule has 0 aromatic carbocycles. The quantitative estimate of drug-likeness (QED) is 0.771. The molecule has 1 fully saturated rings. The lowest BCUT2D eigenvalue weighted by Gasteiger charge is -2.27. The predicted molar refractivity (Wildman–Crippen MR) is 58.3 cm³/mol. The highest BCUT2D eigenvalue weighted by Crippen LogP contribution is 2.09. The molecular formula is C11H19N3O. The Bertz CT molecular complexity index is 241. The number of nitriles is 1. The normalized spacial score (nSPS) is 18.0. The van der Waals surface area contributed by atoms with Crippen molar-refractivity contribution < 1.29 is 4.79 Å². The van der Waals surface area contributed by atoms with Crippen molar-refractivity contribution in [3.63, 3.8) is 0 Å². The van der Waals surface area contributed by atoms with Crippen LogP contribution in [-0.4, -0.2) is 30.1 Å². The second-order valence-corrected chi connectivity index (χ2v) is 3.97. The van der Waals surface area contributed by atoms with Crippen molar-refractivity contribution in [3.8, 4) is 6.07 Å². The molecule has 0 saturated carbocycles. The summed E-state index contributed by atoms with van der Waals surface area (Å²) in [6, 6.07) is 1.71. The minimum Gasteiger partial charge on any atom is -0.325 e. The molecule has 0 aromatic heterocycles.